The zero-order chi connectivity index (χ0) is 19.0. The van der Waals surface area contributed by atoms with Gasteiger partial charge in [-0.3, -0.25) is 4.79 Å². The molecule has 0 aliphatic carbocycles. The van der Waals surface area contributed by atoms with Crippen LogP contribution in [0.15, 0.2) is 53.4 Å². The molecule has 1 aliphatic rings. The third kappa shape index (κ3) is 3.33. The lowest BCUT2D eigenvalue weighted by Gasteiger charge is -2.30. The molecule has 0 radical (unpaired) electrons. The van der Waals surface area contributed by atoms with Crippen LogP contribution in [0.1, 0.15) is 34.9 Å². The number of H-pyrrole nitrogens is 1. The summed E-state index contributed by atoms with van der Waals surface area (Å²) in [6, 6.07) is 13.6. The van der Waals surface area contributed by atoms with Gasteiger partial charge in [-0.15, -0.1) is 0 Å². The summed E-state index contributed by atoms with van der Waals surface area (Å²) in [5.41, 5.74) is 7.42. The van der Waals surface area contributed by atoms with Gasteiger partial charge in [-0.2, -0.15) is 4.31 Å². The second-order valence-corrected chi connectivity index (χ2v) is 8.64. The monoisotopic (exact) mass is 384 g/mol. The second kappa shape index (κ2) is 6.79. The average Bonchev–Trinajstić information content (AvgIpc) is 3.12. The summed E-state index contributed by atoms with van der Waals surface area (Å²) in [5.74, 6) is 0.547. The third-order valence-corrected chi connectivity index (χ3v) is 6.94. The number of hydrogen-bond acceptors (Lipinski definition) is 4. The maximum atomic E-state index is 12.8. The molecule has 1 aliphatic heterocycles. The van der Waals surface area contributed by atoms with Crippen molar-refractivity contribution in [3.8, 4) is 0 Å². The maximum absolute atomic E-state index is 12.8. The van der Waals surface area contributed by atoms with Gasteiger partial charge in [-0.25, -0.2) is 13.4 Å². The number of aromatic amines is 1. The summed E-state index contributed by atoms with van der Waals surface area (Å²) < 4.78 is 27.2. The Balaban J connectivity index is 1.48. The van der Waals surface area contributed by atoms with Crippen molar-refractivity contribution in [2.75, 3.05) is 13.1 Å². The molecule has 0 atom stereocenters. The van der Waals surface area contributed by atoms with E-state index in [0.29, 0.717) is 25.9 Å². The van der Waals surface area contributed by atoms with Crippen molar-refractivity contribution >= 4 is 27.0 Å². The number of fused-ring (bicyclic) bond motifs is 1. The van der Waals surface area contributed by atoms with Gasteiger partial charge in [0.2, 0.25) is 15.9 Å². The van der Waals surface area contributed by atoms with Crippen molar-refractivity contribution in [1.82, 2.24) is 14.3 Å². The van der Waals surface area contributed by atoms with Gasteiger partial charge >= 0.3 is 0 Å². The van der Waals surface area contributed by atoms with Gasteiger partial charge in [0, 0.05) is 24.6 Å². The van der Waals surface area contributed by atoms with Crippen LogP contribution >= 0.6 is 0 Å². The van der Waals surface area contributed by atoms with Crippen molar-refractivity contribution < 1.29 is 13.2 Å². The van der Waals surface area contributed by atoms with Crippen molar-refractivity contribution in [3.63, 3.8) is 0 Å². The molecule has 1 saturated heterocycles. The summed E-state index contributed by atoms with van der Waals surface area (Å²) >= 11 is 0. The highest BCUT2D eigenvalue weighted by atomic mass is 32.2. The number of rotatable bonds is 4. The first kappa shape index (κ1) is 17.7. The van der Waals surface area contributed by atoms with Gasteiger partial charge in [-0.05, 0) is 49.2 Å². The summed E-state index contributed by atoms with van der Waals surface area (Å²) in [5, 5.41) is 0. The molecular formula is C19H20N4O3S. The number of nitrogens with one attached hydrogen (secondary N) is 1. The van der Waals surface area contributed by atoms with Crippen LogP contribution < -0.4 is 5.73 Å². The molecule has 0 spiro atoms. The number of aromatic nitrogens is 2. The summed E-state index contributed by atoms with van der Waals surface area (Å²) in [7, 11) is -3.58. The smallest absolute Gasteiger partial charge is 0.248 e. The van der Waals surface area contributed by atoms with E-state index in [1.54, 1.807) is 0 Å². The molecular weight excluding hydrogens is 364 g/mol. The van der Waals surface area contributed by atoms with Crippen LogP contribution in [-0.4, -0.2) is 41.7 Å². The van der Waals surface area contributed by atoms with E-state index < -0.39 is 15.9 Å². The minimum absolute atomic E-state index is 0.176. The maximum Gasteiger partial charge on any atom is 0.248 e. The minimum atomic E-state index is -3.58. The molecule has 3 N–H and O–H groups in total. The van der Waals surface area contributed by atoms with E-state index >= 15 is 0 Å². The second-order valence-electron chi connectivity index (χ2n) is 6.71. The Morgan fingerprint density at radius 1 is 1.07 bits per heavy atom. The number of amides is 1. The fraction of sp³-hybridized carbons (Fsp3) is 0.263. The van der Waals surface area contributed by atoms with E-state index in [0.717, 1.165) is 16.9 Å². The van der Waals surface area contributed by atoms with Crippen LogP contribution in [0.3, 0.4) is 0 Å². The number of nitrogens with zero attached hydrogens (tertiary/aromatic N) is 2. The molecule has 0 saturated carbocycles. The van der Waals surface area contributed by atoms with Crippen LogP contribution in [0.4, 0.5) is 0 Å². The standard InChI is InChI=1S/C19H20N4O3S/c20-18(24)13-5-7-15(8-6-13)27(25,26)23-11-9-14(10-12-23)19-21-16-3-1-2-4-17(16)22-19/h1-8,14H,9-12H2,(H2,20,24)(H,21,22). The summed E-state index contributed by atoms with van der Waals surface area (Å²) in [6.45, 7) is 0.864. The van der Waals surface area contributed by atoms with Crippen LogP contribution in [0, 0.1) is 0 Å². The minimum Gasteiger partial charge on any atom is -0.366 e. The van der Waals surface area contributed by atoms with Crippen LogP contribution in [-0.2, 0) is 10.0 Å². The summed E-state index contributed by atoms with van der Waals surface area (Å²) in [6.07, 6.45) is 1.41. The van der Waals surface area contributed by atoms with E-state index in [2.05, 4.69) is 9.97 Å². The van der Waals surface area contributed by atoms with E-state index in [-0.39, 0.29) is 16.4 Å². The lowest BCUT2D eigenvalue weighted by Crippen LogP contribution is -2.38. The Labute approximate surface area is 157 Å². The number of imidazole rings is 1. The topological polar surface area (TPSA) is 109 Å². The highest BCUT2D eigenvalue weighted by Crippen LogP contribution is 2.30. The number of carbonyl (C=O) groups excluding carboxylic acids is 1. The highest BCUT2D eigenvalue weighted by Gasteiger charge is 2.31. The largest absolute Gasteiger partial charge is 0.366 e. The first-order chi connectivity index (χ1) is 12.9. The molecule has 4 rings (SSSR count). The van der Waals surface area contributed by atoms with Gasteiger partial charge in [-0.1, -0.05) is 12.1 Å². The number of primary amides is 1. The average molecular weight is 384 g/mol. The number of para-hydroxylation sites is 2. The first-order valence-corrected chi connectivity index (χ1v) is 10.2. The molecule has 0 bridgehead atoms. The molecule has 1 aromatic heterocycles. The van der Waals surface area contributed by atoms with Crippen molar-refractivity contribution in [3.05, 3.63) is 59.9 Å². The molecule has 2 heterocycles. The van der Waals surface area contributed by atoms with E-state index in [1.165, 1.54) is 28.6 Å². The van der Waals surface area contributed by atoms with E-state index in [1.807, 2.05) is 24.3 Å². The van der Waals surface area contributed by atoms with Crippen LogP contribution in [0.2, 0.25) is 0 Å². The van der Waals surface area contributed by atoms with Gasteiger partial charge in [0.15, 0.2) is 0 Å². The lowest BCUT2D eigenvalue weighted by atomic mass is 9.97. The molecule has 3 aromatic rings. The van der Waals surface area contributed by atoms with Crippen molar-refractivity contribution in [2.45, 2.75) is 23.7 Å². The number of sulfonamides is 1. The zero-order valence-electron chi connectivity index (χ0n) is 14.6. The lowest BCUT2D eigenvalue weighted by molar-refractivity contribution is 0.1000. The quantitative estimate of drug-likeness (QED) is 0.719. The molecule has 8 heteroatoms. The normalized spacial score (nSPS) is 16.6. The van der Waals surface area contributed by atoms with E-state index in [9.17, 15) is 13.2 Å². The van der Waals surface area contributed by atoms with Crippen LogP contribution in [0.25, 0.3) is 11.0 Å². The molecule has 27 heavy (non-hydrogen) atoms. The van der Waals surface area contributed by atoms with Crippen LogP contribution in [0.5, 0.6) is 0 Å². The van der Waals surface area contributed by atoms with Crippen molar-refractivity contribution in [1.29, 1.82) is 0 Å². The first-order valence-electron chi connectivity index (χ1n) is 8.80. The Morgan fingerprint density at radius 2 is 1.74 bits per heavy atom. The van der Waals surface area contributed by atoms with Gasteiger partial charge in [0.1, 0.15) is 5.82 Å². The Bertz CT molecular complexity index is 1050. The van der Waals surface area contributed by atoms with E-state index in [4.69, 9.17) is 5.73 Å². The predicted molar refractivity (Wildman–Crippen MR) is 102 cm³/mol. The molecule has 0 unspecified atom stereocenters. The number of benzene rings is 2. The molecule has 7 nitrogen and oxygen atoms in total. The molecule has 2 aromatic carbocycles. The number of hydrogen-bond donors (Lipinski definition) is 2. The predicted octanol–water partition coefficient (Wildman–Crippen LogP) is 2.23. The van der Waals surface area contributed by atoms with Crippen molar-refractivity contribution in [2.24, 2.45) is 5.73 Å². The van der Waals surface area contributed by atoms with Gasteiger partial charge < -0.3 is 10.7 Å². The molecule has 140 valence electrons. The zero-order valence-corrected chi connectivity index (χ0v) is 15.4. The fourth-order valence-electron chi connectivity index (χ4n) is 3.48. The third-order valence-electron chi connectivity index (χ3n) is 5.02. The fourth-order valence-corrected chi connectivity index (χ4v) is 4.95. The summed E-state index contributed by atoms with van der Waals surface area (Å²) in [4.78, 5) is 19.3. The Morgan fingerprint density at radius 3 is 2.37 bits per heavy atom. The SMILES string of the molecule is NC(=O)c1ccc(S(=O)(=O)N2CCC(c3nc4ccccc4[nH]3)CC2)cc1. The number of nitrogens with two attached hydrogens (primary N) is 1. The van der Waals surface area contributed by atoms with Gasteiger partial charge in [0.05, 0.1) is 15.9 Å². The number of carbonyl (C=O) groups is 1. The van der Waals surface area contributed by atoms with Gasteiger partial charge in [0.25, 0.3) is 0 Å². The molecule has 1 fully saturated rings. The highest BCUT2D eigenvalue weighted by molar-refractivity contribution is 7.89. The number of piperidine rings is 1. The molecule has 1 amide bonds. The Kier molecular flexibility index (Phi) is 4.45. The Hall–Kier alpha value is -2.71.